The molecule has 3 heterocycles. The molecular weight excluding hydrogens is 338 g/mol. The van der Waals surface area contributed by atoms with Crippen LogP contribution >= 0.6 is 0 Å². The zero-order valence-electron chi connectivity index (χ0n) is 14.3. The third-order valence-electron chi connectivity index (χ3n) is 5.10. The van der Waals surface area contributed by atoms with Crippen molar-refractivity contribution in [1.29, 1.82) is 0 Å². The molecule has 1 aromatic carbocycles. The zero-order chi connectivity index (χ0) is 18.1. The van der Waals surface area contributed by atoms with E-state index in [1.54, 1.807) is 29.2 Å². The molecule has 8 nitrogen and oxygen atoms in total. The van der Waals surface area contributed by atoms with Crippen LogP contribution in [0, 0.1) is 5.92 Å². The lowest BCUT2D eigenvalue weighted by molar-refractivity contribution is -0.137. The van der Waals surface area contributed by atoms with Gasteiger partial charge < -0.3 is 14.4 Å². The average Bonchev–Trinajstić information content (AvgIpc) is 3.21. The minimum Gasteiger partial charge on any atom is -0.350 e. The Morgan fingerprint density at radius 1 is 1.08 bits per heavy atom. The summed E-state index contributed by atoms with van der Waals surface area (Å²) in [5.41, 5.74) is -0.738. The number of aromatic amines is 1. The van der Waals surface area contributed by atoms with Gasteiger partial charge in [0.2, 0.25) is 5.91 Å². The summed E-state index contributed by atoms with van der Waals surface area (Å²) in [5, 5.41) is 3.15. The molecule has 8 heteroatoms. The van der Waals surface area contributed by atoms with E-state index in [9.17, 15) is 14.4 Å². The molecule has 2 aromatic rings. The first-order chi connectivity index (χ1) is 12.6. The molecule has 2 saturated heterocycles. The molecule has 26 heavy (non-hydrogen) atoms. The van der Waals surface area contributed by atoms with Gasteiger partial charge in [0.25, 0.3) is 11.1 Å². The summed E-state index contributed by atoms with van der Waals surface area (Å²) in [6.07, 6.45) is 1.45. The fourth-order valence-corrected chi connectivity index (χ4v) is 3.66. The van der Waals surface area contributed by atoms with Gasteiger partial charge in [-0.2, -0.15) is 0 Å². The van der Waals surface area contributed by atoms with Crippen LogP contribution in [0.4, 0.5) is 0 Å². The standard InChI is InChI=1S/C18H21N3O5/c22-15(20-7-5-12(6-8-20)18-25-9-10-26-18)11-21-17(24)14-4-2-1-3-13(14)16(23)19-21/h1-4,12,18H,5-11H2,(H,19,23). The smallest absolute Gasteiger partial charge is 0.273 e. The summed E-state index contributed by atoms with van der Waals surface area (Å²) in [7, 11) is 0. The number of benzene rings is 1. The quantitative estimate of drug-likeness (QED) is 0.851. The predicted molar refractivity (Wildman–Crippen MR) is 93.8 cm³/mol. The zero-order valence-corrected chi connectivity index (χ0v) is 14.3. The second kappa shape index (κ2) is 7.05. The van der Waals surface area contributed by atoms with E-state index in [0.717, 1.165) is 17.5 Å². The van der Waals surface area contributed by atoms with Crippen molar-refractivity contribution in [3.05, 3.63) is 45.0 Å². The van der Waals surface area contributed by atoms with Crippen LogP contribution < -0.4 is 11.1 Å². The van der Waals surface area contributed by atoms with E-state index in [-0.39, 0.29) is 29.9 Å². The minimum atomic E-state index is -0.373. The molecule has 2 fully saturated rings. The van der Waals surface area contributed by atoms with Gasteiger partial charge in [0.15, 0.2) is 6.29 Å². The molecule has 0 atom stereocenters. The number of carbonyl (C=O) groups excluding carboxylic acids is 1. The third-order valence-corrected chi connectivity index (χ3v) is 5.10. The highest BCUT2D eigenvalue weighted by Crippen LogP contribution is 2.25. The van der Waals surface area contributed by atoms with Gasteiger partial charge >= 0.3 is 0 Å². The van der Waals surface area contributed by atoms with Gasteiger partial charge in [-0.15, -0.1) is 0 Å². The topological polar surface area (TPSA) is 93.6 Å². The van der Waals surface area contributed by atoms with Gasteiger partial charge in [-0.25, -0.2) is 4.68 Å². The lowest BCUT2D eigenvalue weighted by Crippen LogP contribution is -2.44. The number of piperidine rings is 1. The Balaban J connectivity index is 1.46. The lowest BCUT2D eigenvalue weighted by atomic mass is 9.96. The third kappa shape index (κ3) is 3.17. The van der Waals surface area contributed by atoms with E-state index in [4.69, 9.17) is 9.47 Å². The number of amides is 1. The summed E-state index contributed by atoms with van der Waals surface area (Å²) < 4.78 is 12.2. The molecule has 2 aliphatic heterocycles. The highest BCUT2D eigenvalue weighted by atomic mass is 16.7. The molecule has 0 saturated carbocycles. The number of rotatable bonds is 3. The van der Waals surface area contributed by atoms with Gasteiger partial charge in [0, 0.05) is 19.0 Å². The average molecular weight is 359 g/mol. The van der Waals surface area contributed by atoms with E-state index in [1.165, 1.54) is 0 Å². The Labute approximate surface area is 149 Å². The van der Waals surface area contributed by atoms with E-state index >= 15 is 0 Å². The first kappa shape index (κ1) is 17.0. The maximum Gasteiger partial charge on any atom is 0.273 e. The van der Waals surface area contributed by atoms with Crippen LogP contribution in [0.15, 0.2) is 33.9 Å². The summed E-state index contributed by atoms with van der Waals surface area (Å²) in [6.45, 7) is 2.28. The number of H-pyrrole nitrogens is 1. The van der Waals surface area contributed by atoms with Crippen molar-refractivity contribution in [3.8, 4) is 0 Å². The SMILES string of the molecule is O=C(Cn1[nH]c(=O)c2ccccc2c1=O)N1CCC(C2OCCO2)CC1. The molecule has 0 spiro atoms. The fraction of sp³-hybridized carbons (Fsp3) is 0.500. The monoisotopic (exact) mass is 359 g/mol. The van der Waals surface area contributed by atoms with Gasteiger partial charge in [-0.1, -0.05) is 12.1 Å². The summed E-state index contributed by atoms with van der Waals surface area (Å²) in [6, 6.07) is 6.60. The maximum atomic E-state index is 12.6. The van der Waals surface area contributed by atoms with Crippen LogP contribution in [0.3, 0.4) is 0 Å². The summed E-state index contributed by atoms with van der Waals surface area (Å²) in [5.74, 6) is 0.120. The van der Waals surface area contributed by atoms with Gasteiger partial charge in [-0.3, -0.25) is 19.5 Å². The number of ether oxygens (including phenoxy) is 2. The summed E-state index contributed by atoms with van der Waals surface area (Å²) in [4.78, 5) is 38.9. The molecule has 0 aliphatic carbocycles. The second-order valence-electron chi connectivity index (χ2n) is 6.71. The number of fused-ring (bicyclic) bond motifs is 1. The molecule has 1 amide bonds. The number of nitrogens with one attached hydrogen (secondary N) is 1. The molecule has 4 rings (SSSR count). The first-order valence-electron chi connectivity index (χ1n) is 8.86. The Hall–Kier alpha value is -2.45. The molecule has 0 unspecified atom stereocenters. The molecule has 138 valence electrons. The number of carbonyl (C=O) groups is 1. The van der Waals surface area contributed by atoms with Crippen LogP contribution in [-0.4, -0.2) is 53.2 Å². The summed E-state index contributed by atoms with van der Waals surface area (Å²) >= 11 is 0. The van der Waals surface area contributed by atoms with Crippen molar-refractivity contribution in [1.82, 2.24) is 14.7 Å². The minimum absolute atomic E-state index is 0.160. The molecular formula is C18H21N3O5. The normalized spacial score (nSPS) is 19.3. The van der Waals surface area contributed by atoms with Crippen molar-refractivity contribution in [3.63, 3.8) is 0 Å². The highest BCUT2D eigenvalue weighted by molar-refractivity contribution is 5.81. The number of hydrogen-bond donors (Lipinski definition) is 1. The Bertz CT molecular complexity index is 920. The molecule has 0 bridgehead atoms. The van der Waals surface area contributed by atoms with Crippen LogP contribution in [0.1, 0.15) is 12.8 Å². The Kier molecular flexibility index (Phi) is 4.60. The van der Waals surface area contributed by atoms with Crippen molar-refractivity contribution in [2.45, 2.75) is 25.7 Å². The number of nitrogens with zero attached hydrogens (tertiary/aromatic N) is 2. The van der Waals surface area contributed by atoms with E-state index < -0.39 is 0 Å². The highest BCUT2D eigenvalue weighted by Gasteiger charge is 2.31. The molecule has 0 radical (unpaired) electrons. The van der Waals surface area contributed by atoms with Crippen molar-refractivity contribution in [2.24, 2.45) is 5.92 Å². The number of aromatic nitrogens is 2. The van der Waals surface area contributed by atoms with Gasteiger partial charge in [-0.05, 0) is 25.0 Å². The lowest BCUT2D eigenvalue weighted by Gasteiger charge is -2.33. The first-order valence-corrected chi connectivity index (χ1v) is 8.86. The van der Waals surface area contributed by atoms with Crippen molar-refractivity contribution in [2.75, 3.05) is 26.3 Å². The fourth-order valence-electron chi connectivity index (χ4n) is 3.66. The number of hydrogen-bond acceptors (Lipinski definition) is 5. The van der Waals surface area contributed by atoms with Gasteiger partial charge in [0.05, 0.1) is 24.0 Å². The van der Waals surface area contributed by atoms with E-state index in [0.29, 0.717) is 43.0 Å². The Morgan fingerprint density at radius 3 is 2.42 bits per heavy atom. The van der Waals surface area contributed by atoms with Crippen molar-refractivity contribution >= 4 is 16.7 Å². The van der Waals surface area contributed by atoms with Crippen LogP contribution in [0.2, 0.25) is 0 Å². The maximum absolute atomic E-state index is 12.6. The van der Waals surface area contributed by atoms with Crippen molar-refractivity contribution < 1.29 is 14.3 Å². The Morgan fingerprint density at radius 2 is 1.73 bits per heavy atom. The van der Waals surface area contributed by atoms with E-state index in [2.05, 4.69) is 5.10 Å². The van der Waals surface area contributed by atoms with E-state index in [1.807, 2.05) is 0 Å². The number of likely N-dealkylation sites (tertiary alicyclic amines) is 1. The molecule has 1 aromatic heterocycles. The van der Waals surface area contributed by atoms with Crippen LogP contribution in [-0.2, 0) is 20.8 Å². The van der Waals surface area contributed by atoms with Crippen LogP contribution in [0.25, 0.3) is 10.8 Å². The predicted octanol–water partition coefficient (Wildman–Crippen LogP) is 0.301. The largest absolute Gasteiger partial charge is 0.350 e. The second-order valence-corrected chi connectivity index (χ2v) is 6.71. The van der Waals surface area contributed by atoms with Crippen LogP contribution in [0.5, 0.6) is 0 Å². The molecule has 2 aliphatic rings. The molecule has 1 N–H and O–H groups in total. The van der Waals surface area contributed by atoms with Gasteiger partial charge in [0.1, 0.15) is 6.54 Å².